The lowest BCUT2D eigenvalue weighted by Gasteiger charge is -2.07. The van der Waals surface area contributed by atoms with Gasteiger partial charge < -0.3 is 14.9 Å². The van der Waals surface area contributed by atoms with Gasteiger partial charge in [0.05, 0.1) is 6.61 Å². The van der Waals surface area contributed by atoms with E-state index in [-0.39, 0.29) is 17.1 Å². The Balaban J connectivity index is 1.87. The van der Waals surface area contributed by atoms with Gasteiger partial charge in [-0.2, -0.15) is 0 Å². The van der Waals surface area contributed by atoms with Crippen LogP contribution in [0.25, 0.3) is 0 Å². The summed E-state index contributed by atoms with van der Waals surface area (Å²) in [5, 5.41) is 19.0. The predicted molar refractivity (Wildman–Crippen MR) is 115 cm³/mol. The Morgan fingerprint density at radius 2 is 1.21 bits per heavy atom. The molecule has 0 aliphatic carbocycles. The molecule has 0 radical (unpaired) electrons. The third kappa shape index (κ3) is 11.9. The minimum absolute atomic E-state index is 0.0148. The summed E-state index contributed by atoms with van der Waals surface area (Å²) in [4.78, 5) is 11.9. The van der Waals surface area contributed by atoms with Gasteiger partial charge in [0.2, 0.25) is 0 Å². The molecule has 2 N–H and O–H groups in total. The quantitative estimate of drug-likeness (QED) is 0.168. The van der Waals surface area contributed by atoms with Crippen LogP contribution in [0.5, 0.6) is 11.5 Å². The molecule has 0 bridgehead atoms. The van der Waals surface area contributed by atoms with Gasteiger partial charge in [0.1, 0.15) is 17.1 Å². The van der Waals surface area contributed by atoms with E-state index in [0.717, 1.165) is 12.8 Å². The van der Waals surface area contributed by atoms with Crippen molar-refractivity contribution in [3.8, 4) is 11.5 Å². The number of carbonyl (C=O) groups excluding carboxylic acids is 1. The molecule has 4 heteroatoms. The van der Waals surface area contributed by atoms with Crippen LogP contribution in [0, 0.1) is 0 Å². The molecule has 0 aliphatic heterocycles. The van der Waals surface area contributed by atoms with E-state index in [1.807, 2.05) is 0 Å². The van der Waals surface area contributed by atoms with Crippen LogP contribution in [0.15, 0.2) is 18.2 Å². The van der Waals surface area contributed by atoms with Gasteiger partial charge >= 0.3 is 5.97 Å². The molecule has 0 heterocycles. The maximum Gasteiger partial charge on any atom is 0.342 e. The highest BCUT2D eigenvalue weighted by Crippen LogP contribution is 2.23. The third-order valence-electron chi connectivity index (χ3n) is 5.18. The summed E-state index contributed by atoms with van der Waals surface area (Å²) in [5.41, 5.74) is 0.0148. The van der Waals surface area contributed by atoms with Crippen molar-refractivity contribution < 1.29 is 19.7 Å². The van der Waals surface area contributed by atoms with Crippen LogP contribution in [-0.2, 0) is 4.74 Å². The normalized spacial score (nSPS) is 10.9. The fourth-order valence-corrected chi connectivity index (χ4v) is 3.40. The van der Waals surface area contributed by atoms with E-state index < -0.39 is 5.97 Å². The second-order valence-electron chi connectivity index (χ2n) is 7.79. The number of unbranched alkanes of at least 4 members (excludes halogenated alkanes) is 14. The van der Waals surface area contributed by atoms with Crippen molar-refractivity contribution in [3.05, 3.63) is 23.8 Å². The molecule has 0 aromatic heterocycles. The smallest absolute Gasteiger partial charge is 0.342 e. The van der Waals surface area contributed by atoms with Crippen molar-refractivity contribution in [1.29, 1.82) is 0 Å². The van der Waals surface area contributed by atoms with Crippen molar-refractivity contribution >= 4 is 5.97 Å². The molecule has 0 aliphatic rings. The standard InChI is InChI=1S/C24H40O4/c1-2-3-4-5-6-7-8-9-10-11-12-13-14-15-16-19-28-24(27)22-20-21(25)17-18-23(22)26/h17-18,20,25-26H,2-16,19H2,1H3. The number of rotatable bonds is 17. The van der Waals surface area contributed by atoms with Crippen molar-refractivity contribution in [1.82, 2.24) is 0 Å². The second kappa shape index (κ2) is 16.3. The van der Waals surface area contributed by atoms with Gasteiger partial charge in [0, 0.05) is 0 Å². The number of carbonyl (C=O) groups is 1. The van der Waals surface area contributed by atoms with Crippen molar-refractivity contribution in [3.63, 3.8) is 0 Å². The molecule has 0 saturated carbocycles. The van der Waals surface area contributed by atoms with E-state index >= 15 is 0 Å². The van der Waals surface area contributed by atoms with Crippen LogP contribution in [0.1, 0.15) is 114 Å². The SMILES string of the molecule is CCCCCCCCCCCCCCCCCOC(=O)c1cc(O)ccc1O. The zero-order valence-corrected chi connectivity index (χ0v) is 17.8. The van der Waals surface area contributed by atoms with Crippen molar-refractivity contribution in [2.45, 2.75) is 103 Å². The average molecular weight is 393 g/mol. The maximum absolute atomic E-state index is 11.9. The Bertz CT molecular complexity index is 527. The lowest BCUT2D eigenvalue weighted by Crippen LogP contribution is -2.06. The molecule has 160 valence electrons. The fourth-order valence-electron chi connectivity index (χ4n) is 3.40. The minimum atomic E-state index is -0.584. The minimum Gasteiger partial charge on any atom is -0.508 e. The molecule has 0 amide bonds. The average Bonchev–Trinajstić information content (AvgIpc) is 2.69. The summed E-state index contributed by atoms with van der Waals surface area (Å²) < 4.78 is 5.17. The Morgan fingerprint density at radius 1 is 0.750 bits per heavy atom. The van der Waals surface area contributed by atoms with E-state index in [0.29, 0.717) is 6.61 Å². The molecule has 1 rings (SSSR count). The van der Waals surface area contributed by atoms with Gasteiger partial charge in [-0.25, -0.2) is 4.79 Å². The molecular formula is C24H40O4. The topological polar surface area (TPSA) is 66.8 Å². The summed E-state index contributed by atoms with van der Waals surface area (Å²) in [6, 6.07) is 3.85. The first-order valence-corrected chi connectivity index (χ1v) is 11.3. The van der Waals surface area contributed by atoms with Crippen LogP contribution < -0.4 is 0 Å². The molecular weight excluding hydrogens is 352 g/mol. The van der Waals surface area contributed by atoms with Gasteiger partial charge in [0.25, 0.3) is 0 Å². The van der Waals surface area contributed by atoms with Gasteiger partial charge in [0.15, 0.2) is 0 Å². The molecule has 28 heavy (non-hydrogen) atoms. The predicted octanol–water partition coefficient (Wildman–Crippen LogP) is 7.13. The Morgan fingerprint density at radius 3 is 1.71 bits per heavy atom. The van der Waals surface area contributed by atoms with E-state index in [1.165, 1.54) is 102 Å². The van der Waals surface area contributed by atoms with E-state index in [1.54, 1.807) is 0 Å². The van der Waals surface area contributed by atoms with Crippen LogP contribution in [0.2, 0.25) is 0 Å². The van der Waals surface area contributed by atoms with Crippen molar-refractivity contribution in [2.75, 3.05) is 6.61 Å². The highest BCUT2D eigenvalue weighted by atomic mass is 16.5. The fraction of sp³-hybridized carbons (Fsp3) is 0.708. The summed E-state index contributed by atoms with van der Waals surface area (Å²) in [7, 11) is 0. The summed E-state index contributed by atoms with van der Waals surface area (Å²) >= 11 is 0. The number of aromatic hydroxyl groups is 2. The number of phenolic OH excluding ortho intramolecular Hbond substituents is 2. The number of esters is 1. The number of phenols is 2. The monoisotopic (exact) mass is 392 g/mol. The molecule has 1 aromatic rings. The van der Waals surface area contributed by atoms with E-state index in [9.17, 15) is 15.0 Å². The van der Waals surface area contributed by atoms with Crippen LogP contribution in [0.3, 0.4) is 0 Å². The molecule has 0 saturated heterocycles. The summed E-state index contributed by atoms with van der Waals surface area (Å²) in [5.74, 6) is -0.810. The van der Waals surface area contributed by atoms with Gasteiger partial charge in [-0.05, 0) is 24.6 Å². The molecule has 0 spiro atoms. The molecule has 0 fully saturated rings. The largest absolute Gasteiger partial charge is 0.508 e. The first kappa shape index (κ1) is 24.3. The highest BCUT2D eigenvalue weighted by Gasteiger charge is 2.13. The number of ether oxygens (including phenoxy) is 1. The third-order valence-corrected chi connectivity index (χ3v) is 5.18. The Hall–Kier alpha value is -1.71. The Kier molecular flexibility index (Phi) is 14.1. The summed E-state index contributed by atoms with van der Waals surface area (Å²) in [6.07, 6.45) is 19.4. The van der Waals surface area contributed by atoms with Gasteiger partial charge in [-0.15, -0.1) is 0 Å². The van der Waals surface area contributed by atoms with E-state index in [2.05, 4.69) is 6.92 Å². The number of benzene rings is 1. The molecule has 0 atom stereocenters. The van der Waals surface area contributed by atoms with Crippen molar-refractivity contribution in [2.24, 2.45) is 0 Å². The number of hydrogen-bond acceptors (Lipinski definition) is 4. The lowest BCUT2D eigenvalue weighted by molar-refractivity contribution is 0.0494. The Labute approximate surface area is 171 Å². The first-order chi connectivity index (χ1) is 13.6. The van der Waals surface area contributed by atoms with E-state index in [4.69, 9.17) is 4.74 Å². The second-order valence-corrected chi connectivity index (χ2v) is 7.79. The number of hydrogen-bond donors (Lipinski definition) is 2. The van der Waals surface area contributed by atoms with Crippen LogP contribution in [0.4, 0.5) is 0 Å². The molecule has 1 aromatic carbocycles. The van der Waals surface area contributed by atoms with Crippen LogP contribution in [-0.4, -0.2) is 22.8 Å². The molecule has 0 unspecified atom stereocenters. The zero-order chi connectivity index (χ0) is 20.5. The summed E-state index contributed by atoms with van der Waals surface area (Å²) in [6.45, 7) is 2.62. The van der Waals surface area contributed by atoms with Gasteiger partial charge in [-0.3, -0.25) is 0 Å². The van der Waals surface area contributed by atoms with Gasteiger partial charge in [-0.1, -0.05) is 96.8 Å². The molecule has 4 nitrogen and oxygen atoms in total. The lowest BCUT2D eigenvalue weighted by atomic mass is 10.0. The van der Waals surface area contributed by atoms with Crippen LogP contribution >= 0.6 is 0 Å². The highest BCUT2D eigenvalue weighted by molar-refractivity contribution is 5.92. The zero-order valence-electron chi connectivity index (χ0n) is 17.8. The maximum atomic E-state index is 11.9. The first-order valence-electron chi connectivity index (χ1n) is 11.3.